The van der Waals surface area contributed by atoms with Crippen molar-refractivity contribution in [1.82, 2.24) is 14.7 Å². The lowest BCUT2D eigenvalue weighted by atomic mass is 10.2. The van der Waals surface area contributed by atoms with Gasteiger partial charge < -0.3 is 9.64 Å². The molecule has 23 heavy (non-hydrogen) atoms. The van der Waals surface area contributed by atoms with Gasteiger partial charge in [-0.1, -0.05) is 23.7 Å². The first-order valence-corrected chi connectivity index (χ1v) is 8.16. The van der Waals surface area contributed by atoms with Crippen molar-refractivity contribution in [3.8, 4) is 0 Å². The predicted octanol–water partition coefficient (Wildman–Crippen LogP) is 1.44. The van der Waals surface area contributed by atoms with Crippen LogP contribution in [0.15, 0.2) is 24.3 Å². The molecule has 0 spiro atoms. The quantitative estimate of drug-likeness (QED) is 0.834. The summed E-state index contributed by atoms with van der Waals surface area (Å²) in [4.78, 5) is 29.2. The van der Waals surface area contributed by atoms with Crippen LogP contribution in [0.3, 0.4) is 0 Å². The minimum Gasteiger partial charge on any atom is -0.448 e. The van der Waals surface area contributed by atoms with Crippen LogP contribution in [0, 0.1) is 0 Å². The largest absolute Gasteiger partial charge is 0.448 e. The summed E-state index contributed by atoms with van der Waals surface area (Å²) in [5.74, 6) is -0.00464. The molecule has 3 rings (SSSR count). The Morgan fingerprint density at radius 2 is 1.78 bits per heavy atom. The molecule has 124 valence electrons. The Labute approximate surface area is 140 Å². The van der Waals surface area contributed by atoms with E-state index >= 15 is 0 Å². The summed E-state index contributed by atoms with van der Waals surface area (Å²) in [6.07, 6.45) is -0.389. The molecule has 2 saturated heterocycles. The highest BCUT2D eigenvalue weighted by Gasteiger charge is 2.28. The summed E-state index contributed by atoms with van der Waals surface area (Å²) in [6.45, 7) is 4.90. The molecular formula is C16H20ClN3O3. The van der Waals surface area contributed by atoms with Gasteiger partial charge in [0.25, 0.3) is 0 Å². The molecule has 0 unspecified atom stereocenters. The van der Waals surface area contributed by atoms with Gasteiger partial charge in [-0.15, -0.1) is 0 Å². The summed E-state index contributed by atoms with van der Waals surface area (Å²) in [6, 6.07) is 7.84. The standard InChI is InChI=1S/C16H20ClN3O3/c17-14-3-1-13(2-4-14)11-18-5-7-19(8-6-18)15(21)12-20-9-10-23-16(20)22/h1-4H,5-12H2. The molecule has 2 aliphatic rings. The van der Waals surface area contributed by atoms with Crippen LogP contribution in [-0.2, 0) is 16.1 Å². The Morgan fingerprint density at radius 3 is 2.39 bits per heavy atom. The molecule has 1 aromatic carbocycles. The van der Waals surface area contributed by atoms with E-state index in [1.807, 2.05) is 29.2 Å². The number of piperazine rings is 1. The monoisotopic (exact) mass is 337 g/mol. The first kappa shape index (κ1) is 16.1. The van der Waals surface area contributed by atoms with Crippen LogP contribution >= 0.6 is 11.6 Å². The second kappa shape index (κ2) is 7.19. The first-order chi connectivity index (χ1) is 11.1. The van der Waals surface area contributed by atoms with E-state index < -0.39 is 0 Å². The van der Waals surface area contributed by atoms with Crippen molar-refractivity contribution in [3.63, 3.8) is 0 Å². The normalized spacial score (nSPS) is 19.1. The van der Waals surface area contributed by atoms with Crippen molar-refractivity contribution in [2.75, 3.05) is 45.9 Å². The summed E-state index contributed by atoms with van der Waals surface area (Å²) in [5, 5.41) is 0.740. The molecule has 0 atom stereocenters. The minimum absolute atomic E-state index is 0.00464. The molecular weight excluding hydrogens is 318 g/mol. The van der Waals surface area contributed by atoms with Gasteiger partial charge in [0.2, 0.25) is 5.91 Å². The van der Waals surface area contributed by atoms with Crippen molar-refractivity contribution in [3.05, 3.63) is 34.9 Å². The van der Waals surface area contributed by atoms with Gasteiger partial charge in [-0.25, -0.2) is 4.79 Å². The maximum absolute atomic E-state index is 12.2. The zero-order valence-electron chi connectivity index (χ0n) is 12.9. The Morgan fingerprint density at radius 1 is 1.09 bits per heavy atom. The van der Waals surface area contributed by atoms with Gasteiger partial charge >= 0.3 is 6.09 Å². The second-order valence-corrected chi connectivity index (χ2v) is 6.26. The molecule has 2 aliphatic heterocycles. The Hall–Kier alpha value is -1.79. The van der Waals surface area contributed by atoms with Crippen molar-refractivity contribution < 1.29 is 14.3 Å². The number of benzene rings is 1. The van der Waals surface area contributed by atoms with Crippen LogP contribution in [0.1, 0.15) is 5.56 Å². The number of hydrogen-bond donors (Lipinski definition) is 0. The van der Waals surface area contributed by atoms with E-state index in [4.69, 9.17) is 16.3 Å². The van der Waals surface area contributed by atoms with Crippen LogP contribution < -0.4 is 0 Å². The molecule has 0 aromatic heterocycles. The number of amides is 2. The summed E-state index contributed by atoms with van der Waals surface area (Å²) in [5.41, 5.74) is 1.22. The number of ether oxygens (including phenoxy) is 1. The highest BCUT2D eigenvalue weighted by molar-refractivity contribution is 6.30. The fraction of sp³-hybridized carbons (Fsp3) is 0.500. The van der Waals surface area contributed by atoms with Gasteiger partial charge in [-0.2, -0.15) is 0 Å². The minimum atomic E-state index is -0.389. The predicted molar refractivity (Wildman–Crippen MR) is 86.2 cm³/mol. The van der Waals surface area contributed by atoms with Crippen LogP contribution in [0.25, 0.3) is 0 Å². The van der Waals surface area contributed by atoms with Crippen LogP contribution in [0.4, 0.5) is 4.79 Å². The van der Waals surface area contributed by atoms with Gasteiger partial charge in [-0.05, 0) is 17.7 Å². The molecule has 6 nitrogen and oxygen atoms in total. The number of cyclic esters (lactones) is 1. The highest BCUT2D eigenvalue weighted by Crippen LogP contribution is 2.13. The maximum atomic E-state index is 12.2. The van der Waals surface area contributed by atoms with Gasteiger partial charge in [0, 0.05) is 37.7 Å². The number of rotatable bonds is 4. The lowest BCUT2D eigenvalue weighted by Crippen LogP contribution is -2.51. The Kier molecular flexibility index (Phi) is 5.03. The molecule has 7 heteroatoms. The molecule has 2 amide bonds. The Bertz CT molecular complexity index is 570. The molecule has 0 radical (unpaired) electrons. The molecule has 0 bridgehead atoms. The molecule has 2 heterocycles. The zero-order valence-corrected chi connectivity index (χ0v) is 13.7. The first-order valence-electron chi connectivity index (χ1n) is 7.78. The third-order valence-corrected chi connectivity index (χ3v) is 4.47. The van der Waals surface area contributed by atoms with Gasteiger partial charge in [0.05, 0.1) is 6.54 Å². The van der Waals surface area contributed by atoms with E-state index in [-0.39, 0.29) is 18.5 Å². The lowest BCUT2D eigenvalue weighted by molar-refractivity contribution is -0.133. The molecule has 0 saturated carbocycles. The van der Waals surface area contributed by atoms with Gasteiger partial charge in [-0.3, -0.25) is 14.6 Å². The van der Waals surface area contributed by atoms with E-state index in [0.717, 1.165) is 24.7 Å². The summed E-state index contributed by atoms with van der Waals surface area (Å²) >= 11 is 5.89. The number of carbonyl (C=O) groups is 2. The fourth-order valence-corrected chi connectivity index (χ4v) is 2.96. The van der Waals surface area contributed by atoms with E-state index in [0.29, 0.717) is 26.2 Å². The van der Waals surface area contributed by atoms with Gasteiger partial charge in [0.1, 0.15) is 13.2 Å². The third-order valence-electron chi connectivity index (χ3n) is 4.22. The van der Waals surface area contributed by atoms with Crippen LogP contribution in [0.5, 0.6) is 0 Å². The van der Waals surface area contributed by atoms with Crippen LogP contribution in [-0.4, -0.2) is 72.6 Å². The summed E-state index contributed by atoms with van der Waals surface area (Å²) in [7, 11) is 0. The molecule has 1 aromatic rings. The van der Waals surface area contributed by atoms with E-state index in [1.165, 1.54) is 10.5 Å². The molecule has 0 N–H and O–H groups in total. The second-order valence-electron chi connectivity index (χ2n) is 5.82. The zero-order chi connectivity index (χ0) is 16.2. The van der Waals surface area contributed by atoms with Crippen molar-refractivity contribution in [2.24, 2.45) is 0 Å². The van der Waals surface area contributed by atoms with Crippen molar-refractivity contribution in [1.29, 1.82) is 0 Å². The number of nitrogens with zero attached hydrogens (tertiary/aromatic N) is 3. The smallest absolute Gasteiger partial charge is 0.410 e. The molecule has 2 fully saturated rings. The van der Waals surface area contributed by atoms with E-state index in [2.05, 4.69) is 4.90 Å². The van der Waals surface area contributed by atoms with Crippen LogP contribution in [0.2, 0.25) is 5.02 Å². The Balaban J connectivity index is 1.45. The van der Waals surface area contributed by atoms with Gasteiger partial charge in [0.15, 0.2) is 0 Å². The molecule has 0 aliphatic carbocycles. The van der Waals surface area contributed by atoms with E-state index in [1.54, 1.807) is 0 Å². The SMILES string of the molecule is O=C(CN1CCOC1=O)N1CCN(Cc2ccc(Cl)cc2)CC1. The topological polar surface area (TPSA) is 53.1 Å². The number of carbonyl (C=O) groups excluding carboxylic acids is 2. The lowest BCUT2D eigenvalue weighted by Gasteiger charge is -2.35. The number of hydrogen-bond acceptors (Lipinski definition) is 4. The number of halogens is 1. The average Bonchev–Trinajstić information content (AvgIpc) is 2.95. The third kappa shape index (κ3) is 4.14. The average molecular weight is 338 g/mol. The van der Waals surface area contributed by atoms with Crippen molar-refractivity contribution in [2.45, 2.75) is 6.54 Å². The van der Waals surface area contributed by atoms with E-state index in [9.17, 15) is 9.59 Å². The highest BCUT2D eigenvalue weighted by atomic mass is 35.5. The fourth-order valence-electron chi connectivity index (χ4n) is 2.84. The maximum Gasteiger partial charge on any atom is 0.410 e. The van der Waals surface area contributed by atoms with Crippen molar-refractivity contribution >= 4 is 23.6 Å². The summed E-state index contributed by atoms with van der Waals surface area (Å²) < 4.78 is 4.84.